The van der Waals surface area contributed by atoms with E-state index < -0.39 is 30.6 Å². The highest BCUT2D eigenvalue weighted by molar-refractivity contribution is 6.30. The predicted octanol–water partition coefficient (Wildman–Crippen LogP) is 1.27. The van der Waals surface area contributed by atoms with Crippen molar-refractivity contribution in [1.29, 1.82) is 0 Å². The van der Waals surface area contributed by atoms with E-state index in [9.17, 15) is 10.2 Å². The number of nitrogens with zero attached hydrogens (tertiary/aromatic N) is 3. The molecule has 3 unspecified atom stereocenters. The fourth-order valence-electron chi connectivity index (χ4n) is 6.11. The number of hydrogen-bond donors (Lipinski definition) is 3. The lowest BCUT2D eigenvalue weighted by atomic mass is 9.95. The Morgan fingerprint density at radius 3 is 2.85 bits per heavy atom. The van der Waals surface area contributed by atoms with Crippen molar-refractivity contribution < 1.29 is 24.4 Å². The lowest BCUT2D eigenvalue weighted by Crippen LogP contribution is -2.66. The second-order valence-electron chi connectivity index (χ2n) is 10.0. The first kappa shape index (κ1) is 24.8. The third-order valence-electron chi connectivity index (χ3n) is 7.87. The van der Waals surface area contributed by atoms with Crippen molar-refractivity contribution in [1.82, 2.24) is 14.7 Å². The zero-order chi connectivity index (χ0) is 24.0. The van der Waals surface area contributed by atoms with Crippen LogP contribution in [-0.4, -0.2) is 95.4 Å². The fourth-order valence-corrected chi connectivity index (χ4v) is 6.30. The molecular formula is C24H37ClN4O5. The molecule has 10 heteroatoms. The van der Waals surface area contributed by atoms with Crippen LogP contribution in [0.15, 0.2) is 18.2 Å². The quantitative estimate of drug-likeness (QED) is 0.556. The van der Waals surface area contributed by atoms with Gasteiger partial charge in [-0.2, -0.15) is 0 Å². The average Bonchev–Trinajstić information content (AvgIpc) is 3.30. The zero-order valence-corrected chi connectivity index (χ0v) is 20.7. The molecule has 0 aromatic heterocycles. The van der Waals surface area contributed by atoms with Crippen LogP contribution < -0.4 is 5.73 Å². The minimum absolute atomic E-state index is 0.0499. The van der Waals surface area contributed by atoms with Gasteiger partial charge in [0.15, 0.2) is 0 Å². The van der Waals surface area contributed by atoms with Crippen LogP contribution in [0.4, 0.5) is 0 Å². The third-order valence-corrected chi connectivity index (χ3v) is 8.10. The summed E-state index contributed by atoms with van der Waals surface area (Å²) in [7, 11) is 2.07. The van der Waals surface area contributed by atoms with E-state index in [2.05, 4.69) is 28.7 Å². The molecule has 0 radical (unpaired) electrons. The van der Waals surface area contributed by atoms with Crippen molar-refractivity contribution in [3.05, 3.63) is 34.3 Å². The minimum atomic E-state index is -1.10. The maximum Gasteiger partial charge on any atom is 0.148 e. The molecule has 3 saturated heterocycles. The third kappa shape index (κ3) is 4.41. The summed E-state index contributed by atoms with van der Waals surface area (Å²) in [6.45, 7) is 5.11. The molecule has 4 N–H and O–H groups in total. The summed E-state index contributed by atoms with van der Waals surface area (Å²) in [5.74, 6) is 0.244. The first-order valence-electron chi connectivity index (χ1n) is 12.4. The average molecular weight is 497 g/mol. The van der Waals surface area contributed by atoms with Gasteiger partial charge in [0.2, 0.25) is 0 Å². The van der Waals surface area contributed by atoms with Crippen LogP contribution in [0.25, 0.3) is 0 Å². The second kappa shape index (κ2) is 10.3. The first-order valence-corrected chi connectivity index (χ1v) is 12.7. The number of likely N-dealkylation sites (tertiary alicyclic amines) is 1. The SMILES string of the molecule is CCCCN1CN(C)C(N)C2CCN([C@@H]3O[C@H]([C@@H]4OCOCc5cc(Cl)ccc54)[C@@H](O)[C@H]3O)C21. The fraction of sp³-hybridized carbons (Fsp3) is 0.750. The number of nitrogens with two attached hydrogens (primary N) is 1. The van der Waals surface area contributed by atoms with Crippen molar-refractivity contribution in [3.63, 3.8) is 0 Å². The van der Waals surface area contributed by atoms with E-state index in [1.54, 1.807) is 6.07 Å². The largest absolute Gasteiger partial charge is 0.387 e. The molecule has 0 spiro atoms. The second-order valence-corrected chi connectivity index (χ2v) is 10.5. The Morgan fingerprint density at radius 1 is 1.24 bits per heavy atom. The molecule has 3 fully saturated rings. The molecule has 0 saturated carbocycles. The van der Waals surface area contributed by atoms with Gasteiger partial charge in [0.1, 0.15) is 37.4 Å². The Hall–Kier alpha value is -0.850. The van der Waals surface area contributed by atoms with Gasteiger partial charge in [-0.25, -0.2) is 0 Å². The van der Waals surface area contributed by atoms with E-state index in [1.807, 2.05) is 12.1 Å². The van der Waals surface area contributed by atoms with E-state index in [-0.39, 0.29) is 25.0 Å². The van der Waals surface area contributed by atoms with Gasteiger partial charge in [-0.15, -0.1) is 0 Å². The highest BCUT2D eigenvalue weighted by atomic mass is 35.5. The van der Waals surface area contributed by atoms with Gasteiger partial charge in [0.05, 0.1) is 25.6 Å². The van der Waals surface area contributed by atoms with Crippen LogP contribution in [0.2, 0.25) is 5.02 Å². The summed E-state index contributed by atoms with van der Waals surface area (Å²) in [5.41, 5.74) is 8.34. The summed E-state index contributed by atoms with van der Waals surface area (Å²) < 4.78 is 18.0. The highest BCUT2D eigenvalue weighted by Gasteiger charge is 2.55. The molecule has 190 valence electrons. The first-order chi connectivity index (χ1) is 16.4. The smallest absolute Gasteiger partial charge is 0.148 e. The molecule has 5 rings (SSSR count). The molecule has 4 aliphatic heterocycles. The number of fused-ring (bicyclic) bond motifs is 2. The van der Waals surface area contributed by atoms with Crippen molar-refractivity contribution >= 4 is 11.6 Å². The maximum absolute atomic E-state index is 11.2. The van der Waals surface area contributed by atoms with E-state index in [1.165, 1.54) is 0 Å². The van der Waals surface area contributed by atoms with Crippen molar-refractivity contribution in [2.45, 2.75) is 75.8 Å². The van der Waals surface area contributed by atoms with Crippen molar-refractivity contribution in [3.8, 4) is 0 Å². The van der Waals surface area contributed by atoms with Crippen LogP contribution in [-0.2, 0) is 20.8 Å². The van der Waals surface area contributed by atoms with Gasteiger partial charge in [0, 0.05) is 24.0 Å². The Balaban J connectivity index is 1.39. The van der Waals surface area contributed by atoms with Crippen LogP contribution >= 0.6 is 11.6 Å². The van der Waals surface area contributed by atoms with Gasteiger partial charge >= 0.3 is 0 Å². The molecule has 1 aromatic rings. The summed E-state index contributed by atoms with van der Waals surface area (Å²) in [4.78, 5) is 6.84. The maximum atomic E-state index is 11.2. The molecule has 9 nitrogen and oxygen atoms in total. The monoisotopic (exact) mass is 496 g/mol. The van der Waals surface area contributed by atoms with E-state index in [0.29, 0.717) is 11.6 Å². The molecule has 4 heterocycles. The van der Waals surface area contributed by atoms with Gasteiger partial charge in [0.25, 0.3) is 0 Å². The molecule has 34 heavy (non-hydrogen) atoms. The number of ether oxygens (including phenoxy) is 3. The van der Waals surface area contributed by atoms with Gasteiger partial charge < -0.3 is 30.2 Å². The predicted molar refractivity (Wildman–Crippen MR) is 126 cm³/mol. The highest BCUT2D eigenvalue weighted by Crippen LogP contribution is 2.42. The summed E-state index contributed by atoms with van der Waals surface area (Å²) in [5, 5.41) is 22.9. The molecule has 8 atom stereocenters. The Kier molecular flexibility index (Phi) is 7.49. The summed E-state index contributed by atoms with van der Waals surface area (Å²) in [6.07, 6.45) is -0.968. The molecule has 0 bridgehead atoms. The van der Waals surface area contributed by atoms with E-state index in [4.69, 9.17) is 31.5 Å². The van der Waals surface area contributed by atoms with Crippen LogP contribution in [0.1, 0.15) is 43.4 Å². The van der Waals surface area contributed by atoms with E-state index in [0.717, 1.165) is 50.1 Å². The van der Waals surface area contributed by atoms with Crippen molar-refractivity contribution in [2.24, 2.45) is 11.7 Å². The number of halogens is 1. The Bertz CT molecular complexity index is 865. The zero-order valence-electron chi connectivity index (χ0n) is 19.9. The number of aliphatic hydroxyl groups is 2. The van der Waals surface area contributed by atoms with Gasteiger partial charge in [-0.1, -0.05) is 31.0 Å². The van der Waals surface area contributed by atoms with E-state index >= 15 is 0 Å². The Labute approximate surface area is 206 Å². The topological polar surface area (TPSA) is 104 Å². The molecule has 4 aliphatic rings. The molecular weight excluding hydrogens is 460 g/mol. The molecule has 0 aliphatic carbocycles. The van der Waals surface area contributed by atoms with Crippen LogP contribution in [0.5, 0.6) is 0 Å². The van der Waals surface area contributed by atoms with Gasteiger partial charge in [-0.3, -0.25) is 14.7 Å². The summed E-state index contributed by atoms with van der Waals surface area (Å²) >= 11 is 6.19. The minimum Gasteiger partial charge on any atom is -0.387 e. The number of rotatable bonds is 5. The Morgan fingerprint density at radius 2 is 2.06 bits per heavy atom. The standard InChI is InChI=1S/C24H37ClN4O5/c1-3-4-8-28-12-27(2)22(26)17-7-9-29(23(17)28)24-19(31)18(30)21(34-24)20-16-6-5-15(25)10-14(16)11-32-13-33-20/h5-6,10,17-24,30-31H,3-4,7-9,11-13,26H2,1-2H3/t17?,18-,19+,20+,21-,22?,23?,24+/m0/s1. The summed E-state index contributed by atoms with van der Waals surface area (Å²) in [6, 6.07) is 5.54. The number of aliphatic hydroxyl groups excluding tert-OH is 2. The molecule has 1 aromatic carbocycles. The molecule has 0 amide bonds. The lowest BCUT2D eigenvalue weighted by molar-refractivity contribution is -0.179. The normalized spacial score (nSPS) is 39.7. The number of benzene rings is 1. The van der Waals surface area contributed by atoms with Crippen molar-refractivity contribution in [2.75, 3.05) is 33.6 Å². The number of unbranched alkanes of at least 4 members (excludes halogenated alkanes) is 1. The lowest BCUT2D eigenvalue weighted by Gasteiger charge is -2.49. The van der Waals surface area contributed by atoms with Crippen LogP contribution in [0, 0.1) is 5.92 Å². The van der Waals surface area contributed by atoms with Crippen LogP contribution in [0.3, 0.4) is 0 Å². The number of hydrogen-bond acceptors (Lipinski definition) is 9. The van der Waals surface area contributed by atoms with Gasteiger partial charge in [-0.05, 0) is 43.1 Å².